The molecule has 3 nitrogen and oxygen atoms in total. The summed E-state index contributed by atoms with van der Waals surface area (Å²) in [6.45, 7) is 2.53. The molecule has 0 aromatic heterocycles. The van der Waals surface area contributed by atoms with Gasteiger partial charge in [0.1, 0.15) is 0 Å². The van der Waals surface area contributed by atoms with Crippen LogP contribution in [0.4, 0.5) is 14.5 Å². The summed E-state index contributed by atoms with van der Waals surface area (Å²) in [5.74, 6) is -1.93. The molecule has 1 N–H and O–H groups in total. The number of carbonyl (C=O) groups is 1. The van der Waals surface area contributed by atoms with Gasteiger partial charge in [0.15, 0.2) is 11.6 Å². The number of anilines is 1. The van der Waals surface area contributed by atoms with E-state index in [9.17, 15) is 13.6 Å². The van der Waals surface area contributed by atoms with E-state index in [0.717, 1.165) is 12.1 Å². The van der Waals surface area contributed by atoms with Gasteiger partial charge in [-0.25, -0.2) is 8.78 Å². The highest BCUT2D eigenvalue weighted by Crippen LogP contribution is 2.12. The van der Waals surface area contributed by atoms with Crippen LogP contribution in [0.3, 0.4) is 0 Å². The van der Waals surface area contributed by atoms with Crippen LogP contribution in [-0.4, -0.2) is 30.9 Å². The molecule has 0 atom stereocenters. The molecule has 1 aromatic carbocycles. The number of benzene rings is 1. The van der Waals surface area contributed by atoms with E-state index in [0.29, 0.717) is 12.2 Å². The minimum absolute atomic E-state index is 0.0649. The summed E-state index contributed by atoms with van der Waals surface area (Å²) in [6.07, 6.45) is 0. The quantitative estimate of drug-likeness (QED) is 0.853. The van der Waals surface area contributed by atoms with Crippen molar-refractivity contribution in [1.29, 1.82) is 0 Å². The standard InChI is InChI=1S/C11H14F2N2O/c1-3-15(2)11(16)7-14-8-4-5-9(12)10(13)6-8/h4-6,14H,3,7H2,1-2H3. The zero-order valence-electron chi connectivity index (χ0n) is 9.26. The second kappa shape index (κ2) is 5.44. The van der Waals surface area contributed by atoms with Gasteiger partial charge in [-0.2, -0.15) is 0 Å². The molecule has 0 aliphatic rings. The summed E-state index contributed by atoms with van der Waals surface area (Å²) in [5, 5.41) is 2.73. The van der Waals surface area contributed by atoms with E-state index in [4.69, 9.17) is 0 Å². The van der Waals surface area contributed by atoms with Gasteiger partial charge in [0.2, 0.25) is 5.91 Å². The molecule has 0 spiro atoms. The molecular formula is C11H14F2N2O. The van der Waals surface area contributed by atoms with Crippen LogP contribution in [-0.2, 0) is 4.79 Å². The van der Waals surface area contributed by atoms with Crippen molar-refractivity contribution in [2.75, 3.05) is 25.5 Å². The monoisotopic (exact) mass is 228 g/mol. The Morgan fingerprint density at radius 2 is 2.06 bits per heavy atom. The van der Waals surface area contributed by atoms with Crippen molar-refractivity contribution in [2.45, 2.75) is 6.92 Å². The lowest BCUT2D eigenvalue weighted by atomic mass is 10.3. The Kier molecular flexibility index (Phi) is 4.22. The lowest BCUT2D eigenvalue weighted by Gasteiger charge is -2.15. The molecule has 0 saturated heterocycles. The van der Waals surface area contributed by atoms with Gasteiger partial charge in [0.05, 0.1) is 6.54 Å². The van der Waals surface area contributed by atoms with Crippen LogP contribution in [0.15, 0.2) is 18.2 Å². The van der Waals surface area contributed by atoms with Gasteiger partial charge < -0.3 is 10.2 Å². The maximum Gasteiger partial charge on any atom is 0.241 e. The Balaban J connectivity index is 2.55. The van der Waals surface area contributed by atoms with Gasteiger partial charge in [-0.05, 0) is 19.1 Å². The predicted octanol–water partition coefficient (Wildman–Crippen LogP) is 1.85. The Morgan fingerprint density at radius 3 is 2.62 bits per heavy atom. The number of nitrogens with zero attached hydrogens (tertiary/aromatic N) is 1. The molecule has 0 saturated carbocycles. The number of hydrogen-bond acceptors (Lipinski definition) is 2. The molecule has 1 amide bonds. The van der Waals surface area contributed by atoms with Gasteiger partial charge in [0.25, 0.3) is 0 Å². The number of hydrogen-bond donors (Lipinski definition) is 1. The minimum atomic E-state index is -0.929. The van der Waals surface area contributed by atoms with Crippen LogP contribution >= 0.6 is 0 Å². The molecule has 1 aromatic rings. The van der Waals surface area contributed by atoms with E-state index < -0.39 is 11.6 Å². The average Bonchev–Trinajstić information content (AvgIpc) is 2.29. The third-order valence-corrected chi connectivity index (χ3v) is 2.26. The van der Waals surface area contributed by atoms with Gasteiger partial charge in [0, 0.05) is 25.3 Å². The Bertz CT molecular complexity index is 382. The average molecular weight is 228 g/mol. The van der Waals surface area contributed by atoms with E-state index in [-0.39, 0.29) is 12.5 Å². The van der Waals surface area contributed by atoms with Crippen molar-refractivity contribution in [1.82, 2.24) is 4.90 Å². The molecule has 0 aliphatic carbocycles. The number of rotatable bonds is 4. The van der Waals surface area contributed by atoms with Crippen LogP contribution in [0.1, 0.15) is 6.92 Å². The maximum absolute atomic E-state index is 12.8. The van der Waals surface area contributed by atoms with Crippen molar-refractivity contribution in [3.05, 3.63) is 29.8 Å². The van der Waals surface area contributed by atoms with Crippen LogP contribution in [0.25, 0.3) is 0 Å². The van der Waals surface area contributed by atoms with E-state index in [1.54, 1.807) is 7.05 Å². The SMILES string of the molecule is CCN(C)C(=O)CNc1ccc(F)c(F)c1. The first-order valence-corrected chi connectivity index (χ1v) is 4.97. The minimum Gasteiger partial charge on any atom is -0.376 e. The van der Waals surface area contributed by atoms with Gasteiger partial charge >= 0.3 is 0 Å². The molecule has 1 rings (SSSR count). The summed E-state index contributed by atoms with van der Waals surface area (Å²) in [7, 11) is 1.68. The number of amides is 1. The molecule has 0 bridgehead atoms. The fourth-order valence-electron chi connectivity index (χ4n) is 1.10. The first-order chi connectivity index (χ1) is 7.54. The molecule has 0 fully saturated rings. The summed E-state index contributed by atoms with van der Waals surface area (Å²) >= 11 is 0. The number of likely N-dealkylation sites (N-methyl/N-ethyl adjacent to an activating group) is 1. The van der Waals surface area contributed by atoms with Crippen LogP contribution in [0, 0.1) is 11.6 Å². The summed E-state index contributed by atoms with van der Waals surface area (Å²) in [4.78, 5) is 12.9. The topological polar surface area (TPSA) is 32.3 Å². The van der Waals surface area contributed by atoms with E-state index in [2.05, 4.69) is 5.32 Å². The van der Waals surface area contributed by atoms with Crippen LogP contribution < -0.4 is 5.32 Å². The maximum atomic E-state index is 12.8. The van der Waals surface area contributed by atoms with Crippen molar-refractivity contribution in [3.8, 4) is 0 Å². The number of halogens is 2. The molecule has 88 valence electrons. The summed E-state index contributed by atoms with van der Waals surface area (Å²) in [6, 6.07) is 3.43. The number of carbonyl (C=O) groups excluding carboxylic acids is 1. The molecule has 0 aliphatic heterocycles. The fourth-order valence-corrected chi connectivity index (χ4v) is 1.10. The molecule has 5 heteroatoms. The Hall–Kier alpha value is -1.65. The predicted molar refractivity (Wildman–Crippen MR) is 58.2 cm³/mol. The highest BCUT2D eigenvalue weighted by molar-refractivity contribution is 5.80. The molecule has 16 heavy (non-hydrogen) atoms. The fraction of sp³-hybridized carbons (Fsp3) is 0.364. The van der Waals surface area contributed by atoms with Crippen molar-refractivity contribution < 1.29 is 13.6 Å². The first kappa shape index (κ1) is 12.4. The molecule has 0 unspecified atom stereocenters. The van der Waals surface area contributed by atoms with Crippen molar-refractivity contribution in [2.24, 2.45) is 0 Å². The lowest BCUT2D eigenvalue weighted by Crippen LogP contribution is -2.31. The van der Waals surface area contributed by atoms with E-state index in [1.165, 1.54) is 11.0 Å². The first-order valence-electron chi connectivity index (χ1n) is 4.97. The Labute approximate surface area is 93.1 Å². The summed E-state index contributed by atoms with van der Waals surface area (Å²) in [5.41, 5.74) is 0.386. The van der Waals surface area contributed by atoms with Crippen molar-refractivity contribution in [3.63, 3.8) is 0 Å². The third kappa shape index (κ3) is 3.18. The second-order valence-electron chi connectivity index (χ2n) is 3.39. The Morgan fingerprint density at radius 1 is 1.38 bits per heavy atom. The van der Waals surface area contributed by atoms with Crippen LogP contribution in [0.5, 0.6) is 0 Å². The second-order valence-corrected chi connectivity index (χ2v) is 3.39. The van der Waals surface area contributed by atoms with E-state index in [1.807, 2.05) is 6.92 Å². The van der Waals surface area contributed by atoms with Crippen LogP contribution in [0.2, 0.25) is 0 Å². The number of nitrogens with one attached hydrogen (secondary N) is 1. The molecule has 0 heterocycles. The lowest BCUT2D eigenvalue weighted by molar-refractivity contribution is -0.127. The molecule has 0 radical (unpaired) electrons. The zero-order chi connectivity index (χ0) is 12.1. The molecular weight excluding hydrogens is 214 g/mol. The van der Waals surface area contributed by atoms with Gasteiger partial charge in [-0.1, -0.05) is 0 Å². The highest BCUT2D eigenvalue weighted by Gasteiger charge is 2.07. The van der Waals surface area contributed by atoms with Gasteiger partial charge in [-0.3, -0.25) is 4.79 Å². The normalized spacial score (nSPS) is 10.0. The zero-order valence-corrected chi connectivity index (χ0v) is 9.26. The smallest absolute Gasteiger partial charge is 0.241 e. The van der Waals surface area contributed by atoms with Crippen molar-refractivity contribution >= 4 is 11.6 Å². The highest BCUT2D eigenvalue weighted by atomic mass is 19.2. The van der Waals surface area contributed by atoms with E-state index >= 15 is 0 Å². The largest absolute Gasteiger partial charge is 0.376 e. The third-order valence-electron chi connectivity index (χ3n) is 2.26. The summed E-state index contributed by atoms with van der Waals surface area (Å²) < 4.78 is 25.4. The van der Waals surface area contributed by atoms with Gasteiger partial charge in [-0.15, -0.1) is 0 Å².